The quantitative estimate of drug-likeness (QED) is 0.344. The Labute approximate surface area is 174 Å². The summed E-state index contributed by atoms with van der Waals surface area (Å²) in [5, 5.41) is 13.1. The topological polar surface area (TPSA) is 52.9 Å². The van der Waals surface area contributed by atoms with Crippen molar-refractivity contribution in [3.63, 3.8) is 0 Å². The third-order valence-electron chi connectivity index (χ3n) is 3.91. The molecule has 1 atom stereocenters. The number of nitriles is 1. The molecule has 1 N–H and O–H groups in total. The molecular formula is C23H18Cl2N2O. The lowest BCUT2D eigenvalue weighted by Crippen LogP contribution is -2.30. The molecule has 2 aromatic carbocycles. The number of hydrogen-bond acceptors (Lipinski definition) is 2. The molecule has 3 nitrogen and oxygen atoms in total. The standard InChI is InChI=1S/C23H18Cl2N2O/c1-3-8-17(4-2)22(18-9-6-5-7-10-18)27-23(28)19(15-26)13-16-11-12-20(24)21(25)14-16/h3-14,22H,1-2H2,(H,27,28)/b17-8+,19-13+. The van der Waals surface area contributed by atoms with Crippen LogP contribution in [0.25, 0.3) is 6.08 Å². The summed E-state index contributed by atoms with van der Waals surface area (Å²) < 4.78 is 0. The smallest absolute Gasteiger partial charge is 0.262 e. The molecule has 0 saturated heterocycles. The van der Waals surface area contributed by atoms with E-state index in [0.29, 0.717) is 15.6 Å². The summed E-state index contributed by atoms with van der Waals surface area (Å²) in [6.07, 6.45) is 6.49. The van der Waals surface area contributed by atoms with Gasteiger partial charge in [-0.05, 0) is 34.9 Å². The molecule has 1 amide bonds. The number of amides is 1. The molecule has 0 bridgehead atoms. The number of carbonyl (C=O) groups excluding carboxylic acids is 1. The van der Waals surface area contributed by atoms with E-state index >= 15 is 0 Å². The van der Waals surface area contributed by atoms with Crippen LogP contribution in [0.2, 0.25) is 10.0 Å². The van der Waals surface area contributed by atoms with Gasteiger partial charge < -0.3 is 5.32 Å². The van der Waals surface area contributed by atoms with Crippen molar-refractivity contribution in [3.8, 4) is 6.07 Å². The molecule has 0 aromatic heterocycles. The Morgan fingerprint density at radius 3 is 2.39 bits per heavy atom. The first-order chi connectivity index (χ1) is 13.5. The minimum absolute atomic E-state index is 0.0543. The van der Waals surface area contributed by atoms with Gasteiger partial charge in [0.15, 0.2) is 0 Å². The molecule has 2 rings (SSSR count). The van der Waals surface area contributed by atoms with E-state index in [4.69, 9.17) is 23.2 Å². The fourth-order valence-electron chi connectivity index (χ4n) is 2.55. The average molecular weight is 409 g/mol. The van der Waals surface area contributed by atoms with E-state index in [1.165, 1.54) is 6.08 Å². The Kier molecular flexibility index (Phi) is 7.83. The van der Waals surface area contributed by atoms with Crippen LogP contribution in [0.5, 0.6) is 0 Å². The van der Waals surface area contributed by atoms with Gasteiger partial charge >= 0.3 is 0 Å². The molecule has 0 fully saturated rings. The minimum Gasteiger partial charge on any atom is -0.340 e. The van der Waals surface area contributed by atoms with Gasteiger partial charge in [0.25, 0.3) is 5.91 Å². The molecule has 0 saturated carbocycles. The van der Waals surface area contributed by atoms with Crippen molar-refractivity contribution in [2.45, 2.75) is 6.04 Å². The van der Waals surface area contributed by atoms with Crippen LogP contribution in [-0.2, 0) is 4.79 Å². The highest BCUT2D eigenvalue weighted by Gasteiger charge is 2.19. The third kappa shape index (κ3) is 5.47. The molecule has 2 aromatic rings. The number of hydrogen-bond donors (Lipinski definition) is 1. The first-order valence-electron chi connectivity index (χ1n) is 8.37. The number of rotatable bonds is 7. The molecule has 0 aliphatic rings. The first-order valence-corrected chi connectivity index (χ1v) is 9.13. The molecule has 0 spiro atoms. The number of nitrogens with zero attached hydrogens (tertiary/aromatic N) is 1. The number of halogens is 2. The largest absolute Gasteiger partial charge is 0.340 e. The maximum absolute atomic E-state index is 12.8. The van der Waals surface area contributed by atoms with Gasteiger partial charge in [-0.1, -0.05) is 91.0 Å². The van der Waals surface area contributed by atoms with E-state index < -0.39 is 11.9 Å². The monoisotopic (exact) mass is 408 g/mol. The Balaban J connectivity index is 2.37. The Morgan fingerprint density at radius 1 is 1.11 bits per heavy atom. The van der Waals surface area contributed by atoms with Gasteiger partial charge in [-0.25, -0.2) is 0 Å². The van der Waals surface area contributed by atoms with E-state index in [2.05, 4.69) is 18.5 Å². The zero-order valence-electron chi connectivity index (χ0n) is 15.0. The molecule has 0 heterocycles. The second kappa shape index (κ2) is 10.3. The number of carbonyl (C=O) groups is 1. The zero-order valence-corrected chi connectivity index (χ0v) is 16.5. The van der Waals surface area contributed by atoms with Crippen LogP contribution in [0.1, 0.15) is 17.2 Å². The van der Waals surface area contributed by atoms with Crippen molar-refractivity contribution in [1.29, 1.82) is 5.26 Å². The molecule has 0 aliphatic heterocycles. The predicted molar refractivity (Wildman–Crippen MR) is 116 cm³/mol. The molecule has 5 heteroatoms. The van der Waals surface area contributed by atoms with E-state index in [1.54, 1.807) is 36.4 Å². The zero-order chi connectivity index (χ0) is 20.5. The summed E-state index contributed by atoms with van der Waals surface area (Å²) in [5.74, 6) is -0.515. The van der Waals surface area contributed by atoms with Gasteiger partial charge in [0, 0.05) is 0 Å². The predicted octanol–water partition coefficient (Wildman–Crippen LogP) is 6.06. The SMILES string of the molecule is C=C/C=C(\C=C)C(NC(=O)/C(C#N)=C/c1ccc(Cl)c(Cl)c1)c1ccccc1. The number of allylic oxidation sites excluding steroid dienone is 2. The summed E-state index contributed by atoms with van der Waals surface area (Å²) in [4.78, 5) is 12.8. The van der Waals surface area contributed by atoms with Gasteiger partial charge in [0.05, 0.1) is 16.1 Å². The van der Waals surface area contributed by atoms with Gasteiger partial charge in [-0.15, -0.1) is 0 Å². The molecule has 0 aliphatic carbocycles. The normalized spacial score (nSPS) is 12.6. The Bertz CT molecular complexity index is 985. The molecule has 0 radical (unpaired) electrons. The lowest BCUT2D eigenvalue weighted by molar-refractivity contribution is -0.117. The highest BCUT2D eigenvalue weighted by atomic mass is 35.5. The molecule has 140 valence electrons. The van der Waals surface area contributed by atoms with E-state index in [-0.39, 0.29) is 5.57 Å². The number of benzene rings is 2. The van der Waals surface area contributed by atoms with E-state index in [1.807, 2.05) is 36.4 Å². The van der Waals surface area contributed by atoms with Gasteiger partial charge in [0.1, 0.15) is 11.6 Å². The third-order valence-corrected chi connectivity index (χ3v) is 4.65. The summed E-state index contributed by atoms with van der Waals surface area (Å²) in [6, 6.07) is 15.8. The first kappa shape index (κ1) is 21.2. The molecule has 28 heavy (non-hydrogen) atoms. The Hall–Kier alpha value is -3.06. The minimum atomic E-state index is -0.515. The highest BCUT2D eigenvalue weighted by Crippen LogP contribution is 2.25. The van der Waals surface area contributed by atoms with Crippen LogP contribution < -0.4 is 5.32 Å². The van der Waals surface area contributed by atoms with Crippen LogP contribution in [-0.4, -0.2) is 5.91 Å². The van der Waals surface area contributed by atoms with Crippen LogP contribution in [0, 0.1) is 11.3 Å². The van der Waals surface area contributed by atoms with Crippen LogP contribution in [0.15, 0.2) is 91.1 Å². The fraction of sp³-hybridized carbons (Fsp3) is 0.0435. The molecular weight excluding hydrogens is 391 g/mol. The maximum Gasteiger partial charge on any atom is 0.262 e. The van der Waals surface area contributed by atoms with Gasteiger partial charge in [-0.2, -0.15) is 5.26 Å². The Morgan fingerprint density at radius 2 is 1.82 bits per heavy atom. The summed E-state index contributed by atoms with van der Waals surface area (Å²) >= 11 is 11.9. The van der Waals surface area contributed by atoms with Crippen LogP contribution in [0.4, 0.5) is 0 Å². The van der Waals surface area contributed by atoms with E-state index in [9.17, 15) is 10.1 Å². The number of nitrogens with one attached hydrogen (secondary N) is 1. The van der Waals surface area contributed by atoms with Crippen molar-refractivity contribution in [1.82, 2.24) is 5.32 Å². The summed E-state index contributed by atoms with van der Waals surface area (Å²) in [6.45, 7) is 7.51. The maximum atomic E-state index is 12.8. The summed E-state index contributed by atoms with van der Waals surface area (Å²) in [7, 11) is 0. The van der Waals surface area contributed by atoms with Gasteiger partial charge in [0.2, 0.25) is 0 Å². The second-order valence-corrected chi connectivity index (χ2v) is 6.58. The van der Waals surface area contributed by atoms with Gasteiger partial charge in [-0.3, -0.25) is 4.79 Å². The van der Waals surface area contributed by atoms with Crippen molar-refractivity contribution >= 4 is 35.2 Å². The van der Waals surface area contributed by atoms with Crippen molar-refractivity contribution in [2.75, 3.05) is 0 Å². The molecule has 1 unspecified atom stereocenters. The van der Waals surface area contributed by atoms with E-state index in [0.717, 1.165) is 11.1 Å². The van der Waals surface area contributed by atoms with Crippen molar-refractivity contribution < 1.29 is 4.79 Å². The van der Waals surface area contributed by atoms with Crippen molar-refractivity contribution in [3.05, 3.63) is 112 Å². The second-order valence-electron chi connectivity index (χ2n) is 5.77. The van der Waals surface area contributed by atoms with Crippen LogP contribution in [0.3, 0.4) is 0 Å². The lowest BCUT2D eigenvalue weighted by Gasteiger charge is -2.20. The fourth-order valence-corrected chi connectivity index (χ4v) is 2.86. The van der Waals surface area contributed by atoms with Crippen LogP contribution >= 0.6 is 23.2 Å². The lowest BCUT2D eigenvalue weighted by atomic mass is 9.97. The summed E-state index contributed by atoms with van der Waals surface area (Å²) in [5.41, 5.74) is 2.15. The highest BCUT2D eigenvalue weighted by molar-refractivity contribution is 6.42. The van der Waals surface area contributed by atoms with Crippen molar-refractivity contribution in [2.24, 2.45) is 0 Å². The average Bonchev–Trinajstić information content (AvgIpc) is 2.71.